The monoisotopic (exact) mass is 389 g/mol. The smallest absolute Gasteiger partial charge is 0.315 e. The van der Waals surface area contributed by atoms with Crippen LogP contribution in [0.15, 0.2) is 24.7 Å². The molecule has 0 radical (unpaired) electrons. The molecule has 2 saturated heterocycles. The summed E-state index contributed by atoms with van der Waals surface area (Å²) in [6.45, 7) is 5.12. The molecule has 10 nitrogen and oxygen atoms in total. The summed E-state index contributed by atoms with van der Waals surface area (Å²) in [7, 11) is 0. The van der Waals surface area contributed by atoms with Gasteiger partial charge < -0.3 is 20.1 Å². The Bertz CT molecular complexity index is 763. The Kier molecular flexibility index (Phi) is 5.87. The van der Waals surface area contributed by atoms with Crippen molar-refractivity contribution >= 4 is 6.03 Å². The molecule has 2 aromatic rings. The van der Waals surface area contributed by atoms with E-state index < -0.39 is 0 Å². The van der Waals surface area contributed by atoms with Gasteiger partial charge in [0.05, 0.1) is 37.2 Å². The van der Waals surface area contributed by atoms with Gasteiger partial charge in [-0.15, -0.1) is 5.10 Å². The molecule has 28 heavy (non-hydrogen) atoms. The number of nitrogens with zero attached hydrogens (tertiary/aromatic N) is 5. The van der Waals surface area contributed by atoms with Crippen LogP contribution < -0.4 is 10.6 Å². The lowest BCUT2D eigenvalue weighted by atomic mass is 9.92. The van der Waals surface area contributed by atoms with Crippen molar-refractivity contribution in [2.45, 2.75) is 44.5 Å². The summed E-state index contributed by atoms with van der Waals surface area (Å²) < 4.78 is 15.2. The van der Waals surface area contributed by atoms with Crippen LogP contribution in [0.25, 0.3) is 0 Å². The van der Waals surface area contributed by atoms with Crippen molar-refractivity contribution in [3.63, 3.8) is 0 Å². The van der Waals surface area contributed by atoms with Crippen molar-refractivity contribution in [3.8, 4) is 0 Å². The number of aromatic nitrogens is 5. The lowest BCUT2D eigenvalue weighted by Crippen LogP contribution is -2.47. The van der Waals surface area contributed by atoms with E-state index in [1.165, 1.54) is 0 Å². The molecule has 0 spiro atoms. The van der Waals surface area contributed by atoms with Gasteiger partial charge in [0.25, 0.3) is 0 Å². The highest BCUT2D eigenvalue weighted by Gasteiger charge is 2.33. The highest BCUT2D eigenvalue weighted by molar-refractivity contribution is 5.74. The minimum Gasteiger partial charge on any atom is -0.377 e. The second kappa shape index (κ2) is 8.70. The third kappa shape index (κ3) is 4.02. The quantitative estimate of drug-likeness (QED) is 0.760. The van der Waals surface area contributed by atoms with Crippen LogP contribution >= 0.6 is 0 Å². The van der Waals surface area contributed by atoms with Gasteiger partial charge in [-0.25, -0.2) is 9.48 Å². The van der Waals surface area contributed by atoms with Gasteiger partial charge in [0.2, 0.25) is 0 Å². The predicted molar refractivity (Wildman–Crippen MR) is 99.5 cm³/mol. The molecule has 0 aromatic carbocycles. The number of urea groups is 1. The number of carbonyl (C=O) groups excluding carboxylic acids is 1. The van der Waals surface area contributed by atoms with Gasteiger partial charge >= 0.3 is 6.03 Å². The predicted octanol–water partition coefficient (Wildman–Crippen LogP) is 0.902. The van der Waals surface area contributed by atoms with Crippen LogP contribution in [0.5, 0.6) is 0 Å². The van der Waals surface area contributed by atoms with E-state index in [2.05, 4.69) is 33.0 Å². The summed E-state index contributed by atoms with van der Waals surface area (Å²) in [5.41, 5.74) is 1.07. The molecular formula is C18H27N7O3. The van der Waals surface area contributed by atoms with Crippen LogP contribution in [0, 0.1) is 5.92 Å². The van der Waals surface area contributed by atoms with Gasteiger partial charge in [0.15, 0.2) is 0 Å². The minimum atomic E-state index is -0.200. The normalized spacial score (nSPS) is 27.6. The first-order valence-electron chi connectivity index (χ1n) is 9.87. The molecule has 4 rings (SSSR count). The lowest BCUT2D eigenvalue weighted by Gasteiger charge is -2.32. The molecular weight excluding hydrogens is 362 g/mol. The number of hydrogen-bond acceptors (Lipinski definition) is 6. The van der Waals surface area contributed by atoms with Gasteiger partial charge in [-0.2, -0.15) is 5.10 Å². The molecule has 0 bridgehead atoms. The summed E-state index contributed by atoms with van der Waals surface area (Å²) in [6, 6.07) is 1.62. The van der Waals surface area contributed by atoms with Crippen molar-refractivity contribution < 1.29 is 14.3 Å². The molecule has 0 saturated carbocycles. The second-order valence-electron chi connectivity index (χ2n) is 7.21. The fourth-order valence-corrected chi connectivity index (χ4v) is 4.01. The number of ether oxygens (including phenoxy) is 2. The van der Waals surface area contributed by atoms with Crippen LogP contribution in [-0.4, -0.2) is 63.2 Å². The number of rotatable bonds is 6. The molecule has 2 amide bonds. The molecule has 2 aromatic heterocycles. The molecule has 0 unspecified atom stereocenters. The minimum absolute atomic E-state index is 0.0436. The third-order valence-corrected chi connectivity index (χ3v) is 5.46. The third-order valence-electron chi connectivity index (χ3n) is 5.46. The Balaban J connectivity index is 1.33. The Morgan fingerprint density at radius 2 is 2.29 bits per heavy atom. The van der Waals surface area contributed by atoms with Gasteiger partial charge in [0, 0.05) is 38.0 Å². The zero-order chi connectivity index (χ0) is 19.3. The fraction of sp³-hybridized carbons (Fsp3) is 0.667. The zero-order valence-corrected chi connectivity index (χ0v) is 16.0. The average molecular weight is 389 g/mol. The first-order chi connectivity index (χ1) is 13.8. The van der Waals surface area contributed by atoms with Crippen LogP contribution in [0.2, 0.25) is 0 Å². The maximum Gasteiger partial charge on any atom is 0.315 e. The summed E-state index contributed by atoms with van der Waals surface area (Å²) in [4.78, 5) is 12.5. The van der Waals surface area contributed by atoms with Crippen LogP contribution in [0.4, 0.5) is 4.79 Å². The van der Waals surface area contributed by atoms with E-state index in [9.17, 15) is 4.79 Å². The van der Waals surface area contributed by atoms with Crippen LogP contribution in [0.1, 0.15) is 37.6 Å². The van der Waals surface area contributed by atoms with Crippen molar-refractivity contribution in [3.05, 3.63) is 30.4 Å². The average Bonchev–Trinajstić information content (AvgIpc) is 3.47. The Morgan fingerprint density at radius 3 is 3.11 bits per heavy atom. The molecule has 2 aliphatic heterocycles. The van der Waals surface area contributed by atoms with E-state index in [1.54, 1.807) is 23.3 Å². The Morgan fingerprint density at radius 1 is 1.36 bits per heavy atom. The Labute approximate surface area is 163 Å². The van der Waals surface area contributed by atoms with Crippen molar-refractivity contribution in [1.29, 1.82) is 0 Å². The van der Waals surface area contributed by atoms with Crippen molar-refractivity contribution in [2.75, 3.05) is 26.4 Å². The molecule has 4 atom stereocenters. The largest absolute Gasteiger partial charge is 0.377 e. The maximum absolute atomic E-state index is 12.5. The highest BCUT2D eigenvalue weighted by Crippen LogP contribution is 2.33. The zero-order valence-electron chi connectivity index (χ0n) is 16.0. The first-order valence-corrected chi connectivity index (χ1v) is 9.87. The number of aryl methyl sites for hydroxylation is 1. The van der Waals surface area contributed by atoms with Crippen LogP contribution in [0.3, 0.4) is 0 Å². The lowest BCUT2D eigenvalue weighted by molar-refractivity contribution is -0.0318. The van der Waals surface area contributed by atoms with Gasteiger partial charge in [-0.3, -0.25) is 4.68 Å². The number of hydrogen-bond donors (Lipinski definition) is 2. The van der Waals surface area contributed by atoms with Crippen LogP contribution in [-0.2, 0) is 16.0 Å². The van der Waals surface area contributed by atoms with E-state index in [4.69, 9.17) is 9.47 Å². The maximum atomic E-state index is 12.5. The molecule has 4 heterocycles. The summed E-state index contributed by atoms with van der Waals surface area (Å²) in [5, 5.41) is 18.2. The van der Waals surface area contributed by atoms with Gasteiger partial charge in [-0.05, 0) is 25.8 Å². The number of nitrogens with one attached hydrogen (secondary N) is 2. The van der Waals surface area contributed by atoms with Crippen molar-refractivity contribution in [1.82, 2.24) is 35.4 Å². The van der Waals surface area contributed by atoms with Crippen molar-refractivity contribution in [2.24, 2.45) is 5.92 Å². The highest BCUT2D eigenvalue weighted by atomic mass is 16.5. The molecule has 10 heteroatoms. The molecule has 2 fully saturated rings. The van der Waals surface area contributed by atoms with Gasteiger partial charge in [0.1, 0.15) is 6.10 Å². The topological polar surface area (TPSA) is 108 Å². The van der Waals surface area contributed by atoms with E-state index in [1.807, 2.05) is 10.7 Å². The fourth-order valence-electron chi connectivity index (χ4n) is 4.01. The standard InChI is InChI=1S/C18H27N7O3/c1-2-24-15(5-6-21-24)17-13(4-3-9-28-17)10-19-18(26)22-14-11-27-12-16(14)25-8-7-20-23-25/h5-8,13-14,16-17H,2-4,9-12H2,1H3,(H2,19,22,26)/t13-,14-,16+,17+/m0/s1. The summed E-state index contributed by atoms with van der Waals surface area (Å²) >= 11 is 0. The molecule has 2 N–H and O–H groups in total. The first kappa shape index (κ1) is 18.9. The van der Waals surface area contributed by atoms with E-state index in [-0.39, 0.29) is 30.1 Å². The second-order valence-corrected chi connectivity index (χ2v) is 7.21. The van der Waals surface area contributed by atoms with E-state index in [0.29, 0.717) is 19.8 Å². The van der Waals surface area contributed by atoms with Gasteiger partial charge in [-0.1, -0.05) is 5.21 Å². The number of carbonyl (C=O) groups is 1. The molecule has 152 valence electrons. The summed E-state index contributed by atoms with van der Waals surface area (Å²) in [6.07, 6.45) is 7.17. The van der Waals surface area contributed by atoms with E-state index in [0.717, 1.165) is 31.7 Å². The molecule has 0 aliphatic carbocycles. The Hall–Kier alpha value is -2.46. The number of amides is 2. The van der Waals surface area contributed by atoms with E-state index >= 15 is 0 Å². The summed E-state index contributed by atoms with van der Waals surface area (Å²) in [5.74, 6) is 0.215. The SMILES string of the molecule is CCn1nccc1[C@@H]1OCCC[C@H]1CNC(=O)N[C@H]1COC[C@H]1n1ccnn1. The molecule has 2 aliphatic rings.